The lowest BCUT2D eigenvalue weighted by Crippen LogP contribution is -2.18. The number of benzene rings is 1. The number of halogens is 1. The van der Waals surface area contributed by atoms with Crippen molar-refractivity contribution in [1.29, 1.82) is 0 Å². The van der Waals surface area contributed by atoms with Crippen LogP contribution in [0.5, 0.6) is 5.75 Å². The minimum atomic E-state index is -0.266. The summed E-state index contributed by atoms with van der Waals surface area (Å²) in [5, 5.41) is 0. The van der Waals surface area contributed by atoms with E-state index in [9.17, 15) is 4.39 Å². The predicted octanol–water partition coefficient (Wildman–Crippen LogP) is 1.99. The van der Waals surface area contributed by atoms with Crippen molar-refractivity contribution in [2.75, 3.05) is 6.61 Å². The van der Waals surface area contributed by atoms with E-state index in [1.165, 1.54) is 12.1 Å². The summed E-state index contributed by atoms with van der Waals surface area (Å²) in [5.74, 6) is 0.427. The van der Waals surface area contributed by atoms with Crippen molar-refractivity contribution in [3.8, 4) is 5.75 Å². The second kappa shape index (κ2) is 6.33. The normalized spacial score (nSPS) is 12.4. The molecule has 2 rings (SSSR count). The Morgan fingerprint density at radius 3 is 3.00 bits per heavy atom. The third-order valence-electron chi connectivity index (χ3n) is 2.73. The summed E-state index contributed by atoms with van der Waals surface area (Å²) in [6.07, 6.45) is 5.92. The summed E-state index contributed by atoms with van der Waals surface area (Å²) in [4.78, 5) is 3.96. The van der Waals surface area contributed by atoms with Gasteiger partial charge in [0.2, 0.25) is 0 Å². The van der Waals surface area contributed by atoms with Crippen LogP contribution in [0, 0.1) is 5.82 Å². The highest BCUT2D eigenvalue weighted by atomic mass is 19.1. The van der Waals surface area contributed by atoms with Gasteiger partial charge in [0.15, 0.2) is 0 Å². The van der Waals surface area contributed by atoms with Gasteiger partial charge in [0.05, 0.1) is 12.9 Å². The molecule has 1 heterocycles. The molecule has 1 unspecified atom stereocenters. The maximum absolute atomic E-state index is 13.2. The zero-order valence-electron chi connectivity index (χ0n) is 10.9. The molecule has 0 aliphatic rings. The van der Waals surface area contributed by atoms with Crippen LogP contribution in [0.2, 0.25) is 0 Å². The Morgan fingerprint density at radius 1 is 1.47 bits per heavy atom. The van der Waals surface area contributed by atoms with Crippen LogP contribution in [-0.4, -0.2) is 22.2 Å². The molecule has 0 bridgehead atoms. The molecule has 0 radical (unpaired) electrons. The van der Waals surface area contributed by atoms with Gasteiger partial charge in [0.1, 0.15) is 18.2 Å². The Hall–Kier alpha value is -1.88. The van der Waals surface area contributed by atoms with Crippen molar-refractivity contribution in [2.24, 2.45) is 5.73 Å². The van der Waals surface area contributed by atoms with E-state index in [4.69, 9.17) is 10.5 Å². The molecule has 0 aliphatic carbocycles. The van der Waals surface area contributed by atoms with Gasteiger partial charge < -0.3 is 15.0 Å². The van der Waals surface area contributed by atoms with E-state index < -0.39 is 0 Å². The fraction of sp³-hybridized carbons (Fsp3) is 0.357. The predicted molar refractivity (Wildman–Crippen MR) is 71.5 cm³/mol. The highest BCUT2D eigenvalue weighted by Gasteiger charge is 2.08. The molecule has 4 nitrogen and oxygen atoms in total. The Balaban J connectivity index is 1.98. The number of hydrogen-bond donors (Lipinski definition) is 1. The fourth-order valence-electron chi connectivity index (χ4n) is 1.88. The summed E-state index contributed by atoms with van der Waals surface area (Å²) < 4.78 is 20.9. The van der Waals surface area contributed by atoms with Crippen molar-refractivity contribution >= 4 is 0 Å². The van der Waals surface area contributed by atoms with Crippen molar-refractivity contribution in [3.05, 3.63) is 48.3 Å². The molecule has 19 heavy (non-hydrogen) atoms. The van der Waals surface area contributed by atoms with E-state index in [0.29, 0.717) is 25.3 Å². The van der Waals surface area contributed by atoms with Crippen LogP contribution in [0.4, 0.5) is 4.39 Å². The number of imidazole rings is 1. The standard InChI is InChI=1S/C14H18FN3O/c1-11(16)8-12-9-13(15)2-3-14(12)19-7-6-18-5-4-17-10-18/h2-5,9-11H,6-8,16H2,1H3. The molecule has 2 aromatic rings. The monoisotopic (exact) mass is 263 g/mol. The SMILES string of the molecule is CC(N)Cc1cc(F)ccc1OCCn1ccnc1. The van der Waals surface area contributed by atoms with Crippen LogP contribution in [0.15, 0.2) is 36.9 Å². The van der Waals surface area contributed by atoms with Crippen LogP contribution in [0.3, 0.4) is 0 Å². The quantitative estimate of drug-likeness (QED) is 0.867. The first kappa shape index (κ1) is 13.5. The summed E-state index contributed by atoms with van der Waals surface area (Å²) in [6, 6.07) is 4.51. The van der Waals surface area contributed by atoms with Gasteiger partial charge in [0, 0.05) is 18.4 Å². The first-order chi connectivity index (χ1) is 9.15. The Kier molecular flexibility index (Phi) is 4.52. The molecule has 1 aromatic heterocycles. The van der Waals surface area contributed by atoms with Crippen LogP contribution < -0.4 is 10.5 Å². The van der Waals surface area contributed by atoms with Crippen molar-refractivity contribution in [3.63, 3.8) is 0 Å². The Morgan fingerprint density at radius 2 is 2.32 bits per heavy atom. The third kappa shape index (κ3) is 4.06. The topological polar surface area (TPSA) is 53.1 Å². The Bertz CT molecular complexity index is 511. The Labute approximate surface area is 112 Å². The van der Waals surface area contributed by atoms with Gasteiger partial charge in [-0.15, -0.1) is 0 Å². The van der Waals surface area contributed by atoms with E-state index in [-0.39, 0.29) is 11.9 Å². The molecule has 0 spiro atoms. The lowest BCUT2D eigenvalue weighted by molar-refractivity contribution is 0.294. The molecule has 102 valence electrons. The number of rotatable bonds is 6. The second-order valence-electron chi connectivity index (χ2n) is 4.58. The zero-order chi connectivity index (χ0) is 13.7. The molecule has 0 saturated heterocycles. The molecule has 0 amide bonds. The number of ether oxygens (including phenoxy) is 1. The smallest absolute Gasteiger partial charge is 0.123 e. The highest BCUT2D eigenvalue weighted by Crippen LogP contribution is 2.21. The molecular formula is C14H18FN3O. The van der Waals surface area contributed by atoms with Gasteiger partial charge in [-0.3, -0.25) is 0 Å². The van der Waals surface area contributed by atoms with E-state index in [2.05, 4.69) is 4.98 Å². The molecule has 1 aromatic carbocycles. The molecule has 0 fully saturated rings. The van der Waals surface area contributed by atoms with Crippen LogP contribution in [-0.2, 0) is 13.0 Å². The molecule has 1 atom stereocenters. The minimum Gasteiger partial charge on any atom is -0.491 e. The maximum Gasteiger partial charge on any atom is 0.123 e. The summed E-state index contributed by atoms with van der Waals surface area (Å²) in [6.45, 7) is 3.10. The number of hydrogen-bond acceptors (Lipinski definition) is 3. The third-order valence-corrected chi connectivity index (χ3v) is 2.73. The summed E-state index contributed by atoms with van der Waals surface area (Å²) in [5.41, 5.74) is 6.56. The first-order valence-corrected chi connectivity index (χ1v) is 6.27. The van der Waals surface area contributed by atoms with E-state index in [1.807, 2.05) is 17.7 Å². The average molecular weight is 263 g/mol. The van der Waals surface area contributed by atoms with Gasteiger partial charge in [-0.25, -0.2) is 9.37 Å². The lowest BCUT2D eigenvalue weighted by atomic mass is 10.1. The second-order valence-corrected chi connectivity index (χ2v) is 4.58. The van der Waals surface area contributed by atoms with Crippen molar-refractivity contribution < 1.29 is 9.13 Å². The highest BCUT2D eigenvalue weighted by molar-refractivity contribution is 5.34. The molecule has 2 N–H and O–H groups in total. The van der Waals surface area contributed by atoms with E-state index in [0.717, 1.165) is 5.56 Å². The zero-order valence-corrected chi connectivity index (χ0v) is 10.9. The lowest BCUT2D eigenvalue weighted by Gasteiger charge is -2.13. The van der Waals surface area contributed by atoms with Gasteiger partial charge in [-0.05, 0) is 37.1 Å². The van der Waals surface area contributed by atoms with Crippen molar-refractivity contribution in [1.82, 2.24) is 9.55 Å². The largest absolute Gasteiger partial charge is 0.491 e. The molecular weight excluding hydrogens is 245 g/mol. The summed E-state index contributed by atoms with van der Waals surface area (Å²) in [7, 11) is 0. The van der Waals surface area contributed by atoms with Crippen LogP contribution >= 0.6 is 0 Å². The van der Waals surface area contributed by atoms with Crippen LogP contribution in [0.1, 0.15) is 12.5 Å². The van der Waals surface area contributed by atoms with Crippen LogP contribution in [0.25, 0.3) is 0 Å². The minimum absolute atomic E-state index is 0.0298. The number of aromatic nitrogens is 2. The van der Waals surface area contributed by atoms with Gasteiger partial charge in [0.25, 0.3) is 0 Å². The number of nitrogens with zero attached hydrogens (tertiary/aromatic N) is 2. The fourth-order valence-corrected chi connectivity index (χ4v) is 1.88. The van der Waals surface area contributed by atoms with Crippen molar-refractivity contribution in [2.45, 2.75) is 25.9 Å². The molecule has 0 aliphatic heterocycles. The molecule has 5 heteroatoms. The van der Waals surface area contributed by atoms with E-state index >= 15 is 0 Å². The summed E-state index contributed by atoms with van der Waals surface area (Å²) >= 11 is 0. The first-order valence-electron chi connectivity index (χ1n) is 6.27. The van der Waals surface area contributed by atoms with E-state index in [1.54, 1.807) is 18.6 Å². The average Bonchev–Trinajstić information content (AvgIpc) is 2.84. The van der Waals surface area contributed by atoms with Gasteiger partial charge >= 0.3 is 0 Å². The molecule has 0 saturated carbocycles. The maximum atomic E-state index is 13.2. The number of nitrogens with two attached hydrogens (primary N) is 1. The van der Waals surface area contributed by atoms with Gasteiger partial charge in [-0.2, -0.15) is 0 Å². The van der Waals surface area contributed by atoms with Gasteiger partial charge in [-0.1, -0.05) is 0 Å².